The standard InChI is InChI=1S/C23H20F2N4O4S/c1-13-21-15(23(30)26-11-16-17(24)4-2-5-18(16)25)10-19(20-6-3-8-33-20)27-22(21)29(28-13)14-7-9-34(31,32)12-14/h2-6,8,10,14H,7,9,11-12H2,1H3,(H,26,30)/t14-/m0/s1. The van der Waals surface area contributed by atoms with Crippen molar-refractivity contribution in [2.45, 2.75) is 25.9 Å². The molecule has 4 heterocycles. The smallest absolute Gasteiger partial charge is 0.252 e. The molecule has 0 saturated carbocycles. The van der Waals surface area contributed by atoms with E-state index in [9.17, 15) is 22.0 Å². The van der Waals surface area contributed by atoms with Crippen LogP contribution >= 0.6 is 0 Å². The maximum atomic E-state index is 14.0. The van der Waals surface area contributed by atoms with Gasteiger partial charge in [-0.15, -0.1) is 0 Å². The maximum Gasteiger partial charge on any atom is 0.252 e. The second kappa shape index (κ2) is 8.32. The van der Waals surface area contributed by atoms with Gasteiger partial charge < -0.3 is 9.73 Å². The molecule has 1 aromatic carbocycles. The fraction of sp³-hybridized carbons (Fsp3) is 0.261. The van der Waals surface area contributed by atoms with Crippen LogP contribution in [0.3, 0.4) is 0 Å². The molecule has 3 aromatic heterocycles. The van der Waals surface area contributed by atoms with Crippen LogP contribution in [-0.2, 0) is 16.4 Å². The highest BCUT2D eigenvalue weighted by Gasteiger charge is 2.32. The minimum Gasteiger partial charge on any atom is -0.463 e. The fourth-order valence-electron chi connectivity index (χ4n) is 4.23. The Hall–Kier alpha value is -3.60. The predicted octanol–water partition coefficient (Wildman–Crippen LogP) is 3.57. The lowest BCUT2D eigenvalue weighted by Gasteiger charge is -2.12. The Morgan fingerprint density at radius 1 is 1.24 bits per heavy atom. The molecule has 5 rings (SSSR count). The number of nitrogens with one attached hydrogen (secondary N) is 1. The summed E-state index contributed by atoms with van der Waals surface area (Å²) < 4.78 is 59.2. The van der Waals surface area contributed by atoms with Crippen LogP contribution in [0.2, 0.25) is 0 Å². The molecule has 0 spiro atoms. The van der Waals surface area contributed by atoms with E-state index in [0.717, 1.165) is 12.1 Å². The normalized spacial score (nSPS) is 17.3. The van der Waals surface area contributed by atoms with Gasteiger partial charge in [-0.1, -0.05) is 6.07 Å². The molecule has 1 aliphatic heterocycles. The quantitative estimate of drug-likeness (QED) is 0.462. The first-order valence-corrected chi connectivity index (χ1v) is 12.4. The largest absolute Gasteiger partial charge is 0.463 e. The van der Waals surface area contributed by atoms with Gasteiger partial charge in [-0.3, -0.25) is 4.79 Å². The Morgan fingerprint density at radius 2 is 2.00 bits per heavy atom. The van der Waals surface area contributed by atoms with Crippen LogP contribution < -0.4 is 5.32 Å². The van der Waals surface area contributed by atoms with E-state index < -0.39 is 33.4 Å². The molecule has 1 fully saturated rings. The number of hydrogen-bond acceptors (Lipinski definition) is 6. The third-order valence-corrected chi connectivity index (χ3v) is 7.65. The Balaban J connectivity index is 1.59. The number of amides is 1. The zero-order valence-corrected chi connectivity index (χ0v) is 18.9. The zero-order valence-electron chi connectivity index (χ0n) is 18.1. The molecule has 0 bridgehead atoms. The number of fused-ring (bicyclic) bond motifs is 1. The van der Waals surface area contributed by atoms with Crippen molar-refractivity contribution in [1.82, 2.24) is 20.1 Å². The molecule has 1 N–H and O–H groups in total. The summed E-state index contributed by atoms with van der Waals surface area (Å²) >= 11 is 0. The molecule has 1 aliphatic rings. The second-order valence-corrected chi connectivity index (χ2v) is 10.4. The first-order valence-electron chi connectivity index (χ1n) is 10.6. The number of pyridine rings is 1. The number of rotatable bonds is 5. The number of aryl methyl sites for hydroxylation is 1. The minimum atomic E-state index is -3.19. The topological polar surface area (TPSA) is 107 Å². The lowest BCUT2D eigenvalue weighted by Crippen LogP contribution is -2.24. The molecule has 1 saturated heterocycles. The molecule has 1 atom stereocenters. The lowest BCUT2D eigenvalue weighted by atomic mass is 10.1. The van der Waals surface area contributed by atoms with E-state index in [1.54, 1.807) is 23.7 Å². The van der Waals surface area contributed by atoms with Gasteiger partial charge in [-0.25, -0.2) is 26.9 Å². The van der Waals surface area contributed by atoms with E-state index >= 15 is 0 Å². The van der Waals surface area contributed by atoms with Crippen LogP contribution in [0, 0.1) is 18.6 Å². The fourth-order valence-corrected chi connectivity index (χ4v) is 5.92. The predicted molar refractivity (Wildman–Crippen MR) is 120 cm³/mol. The number of benzene rings is 1. The van der Waals surface area contributed by atoms with E-state index in [2.05, 4.69) is 15.4 Å². The van der Waals surface area contributed by atoms with Gasteiger partial charge in [0.1, 0.15) is 17.3 Å². The van der Waals surface area contributed by atoms with Crippen LogP contribution in [0.1, 0.15) is 34.1 Å². The molecule has 1 amide bonds. The molecule has 0 radical (unpaired) electrons. The molecule has 34 heavy (non-hydrogen) atoms. The van der Waals surface area contributed by atoms with Gasteiger partial charge >= 0.3 is 0 Å². The Morgan fingerprint density at radius 3 is 2.65 bits per heavy atom. The van der Waals surface area contributed by atoms with Crippen molar-refractivity contribution < 1.29 is 26.4 Å². The van der Waals surface area contributed by atoms with Gasteiger partial charge in [0.05, 0.1) is 40.5 Å². The van der Waals surface area contributed by atoms with Crippen LogP contribution in [0.25, 0.3) is 22.5 Å². The van der Waals surface area contributed by atoms with Gasteiger partial charge in [0.15, 0.2) is 21.2 Å². The molecule has 176 valence electrons. The number of sulfone groups is 1. The number of aromatic nitrogens is 3. The number of halogens is 2. The second-order valence-electron chi connectivity index (χ2n) is 8.20. The third kappa shape index (κ3) is 3.96. The SMILES string of the molecule is Cc1nn([C@H]2CCS(=O)(=O)C2)c2nc(-c3ccco3)cc(C(=O)NCc3c(F)cccc3F)c12. The van der Waals surface area contributed by atoms with Crippen LogP contribution in [0.15, 0.2) is 47.1 Å². The summed E-state index contributed by atoms with van der Waals surface area (Å²) in [4.78, 5) is 17.8. The molecular weight excluding hydrogens is 466 g/mol. The summed E-state index contributed by atoms with van der Waals surface area (Å²) in [5.74, 6) is -1.71. The van der Waals surface area contributed by atoms with Crippen molar-refractivity contribution in [3.8, 4) is 11.5 Å². The van der Waals surface area contributed by atoms with E-state index in [1.165, 1.54) is 18.4 Å². The average Bonchev–Trinajstić information content (AvgIpc) is 3.52. The number of carbonyl (C=O) groups excluding carboxylic acids is 1. The zero-order chi connectivity index (χ0) is 24.0. The number of carbonyl (C=O) groups is 1. The van der Waals surface area contributed by atoms with Gasteiger partial charge in [0, 0.05) is 12.1 Å². The number of hydrogen-bond donors (Lipinski definition) is 1. The molecule has 4 aromatic rings. The average molecular weight is 487 g/mol. The monoisotopic (exact) mass is 486 g/mol. The van der Waals surface area contributed by atoms with Gasteiger partial charge in [0.25, 0.3) is 5.91 Å². The summed E-state index contributed by atoms with van der Waals surface area (Å²) in [5.41, 5.74) is 1.12. The van der Waals surface area contributed by atoms with Crippen molar-refractivity contribution in [2.75, 3.05) is 11.5 Å². The summed E-state index contributed by atoms with van der Waals surface area (Å²) in [6.45, 7) is 1.34. The Bertz CT molecular complexity index is 1490. The van der Waals surface area contributed by atoms with Crippen LogP contribution in [-0.4, -0.2) is 40.6 Å². The Labute approximate surface area is 193 Å². The summed E-state index contributed by atoms with van der Waals surface area (Å²) in [5, 5.41) is 7.52. The van der Waals surface area contributed by atoms with Crippen molar-refractivity contribution in [3.63, 3.8) is 0 Å². The van der Waals surface area contributed by atoms with Crippen LogP contribution in [0.4, 0.5) is 8.78 Å². The first kappa shape index (κ1) is 22.2. The van der Waals surface area contributed by atoms with Crippen molar-refractivity contribution in [1.29, 1.82) is 0 Å². The van der Waals surface area contributed by atoms with E-state index in [1.807, 2.05) is 0 Å². The van der Waals surface area contributed by atoms with Crippen molar-refractivity contribution in [2.24, 2.45) is 0 Å². The van der Waals surface area contributed by atoms with E-state index in [0.29, 0.717) is 34.6 Å². The minimum absolute atomic E-state index is 0.0531. The first-order chi connectivity index (χ1) is 16.2. The maximum absolute atomic E-state index is 14.0. The van der Waals surface area contributed by atoms with Gasteiger partial charge in [-0.05, 0) is 43.7 Å². The summed E-state index contributed by atoms with van der Waals surface area (Å²) in [7, 11) is -3.19. The van der Waals surface area contributed by atoms with Gasteiger partial charge in [-0.2, -0.15) is 5.10 Å². The van der Waals surface area contributed by atoms with E-state index in [4.69, 9.17) is 4.42 Å². The highest BCUT2D eigenvalue weighted by molar-refractivity contribution is 7.91. The molecule has 0 aliphatic carbocycles. The highest BCUT2D eigenvalue weighted by atomic mass is 32.2. The lowest BCUT2D eigenvalue weighted by molar-refractivity contribution is 0.0952. The van der Waals surface area contributed by atoms with Crippen molar-refractivity contribution in [3.05, 3.63) is 71.1 Å². The number of furan rings is 1. The van der Waals surface area contributed by atoms with E-state index in [-0.39, 0.29) is 29.2 Å². The number of nitrogens with zero attached hydrogens (tertiary/aromatic N) is 3. The van der Waals surface area contributed by atoms with Crippen molar-refractivity contribution >= 4 is 26.8 Å². The third-order valence-electron chi connectivity index (χ3n) is 5.90. The molecule has 11 heteroatoms. The Kier molecular flexibility index (Phi) is 5.43. The van der Waals surface area contributed by atoms with Gasteiger partial charge in [0.2, 0.25) is 0 Å². The molecular formula is C23H20F2N4O4S. The summed E-state index contributed by atoms with van der Waals surface area (Å²) in [6, 6.07) is 7.95. The molecule has 8 nitrogen and oxygen atoms in total. The summed E-state index contributed by atoms with van der Waals surface area (Å²) in [6.07, 6.45) is 1.85. The molecule has 0 unspecified atom stereocenters. The van der Waals surface area contributed by atoms with Crippen LogP contribution in [0.5, 0.6) is 0 Å². The highest BCUT2D eigenvalue weighted by Crippen LogP contribution is 2.32.